The molecule has 1 aromatic carbocycles. The fourth-order valence-corrected chi connectivity index (χ4v) is 7.20. The number of carbonyl (C=O) groups is 1. The van der Waals surface area contributed by atoms with Crippen LogP contribution in [0.15, 0.2) is 31.9 Å². The van der Waals surface area contributed by atoms with E-state index in [1.807, 2.05) is 12.1 Å². The van der Waals surface area contributed by atoms with Gasteiger partial charge in [-0.25, -0.2) is 4.79 Å². The predicted octanol–water partition coefficient (Wildman–Crippen LogP) is 5.05. The second-order valence-electron chi connectivity index (χ2n) is 8.22. The molecule has 8 heteroatoms. The Kier molecular flexibility index (Phi) is 5.66. The van der Waals surface area contributed by atoms with E-state index in [9.17, 15) is 9.59 Å². The largest absolute Gasteiger partial charge is 0.421 e. The molecule has 0 radical (unpaired) electrons. The van der Waals surface area contributed by atoms with Gasteiger partial charge in [0.05, 0.1) is 22.8 Å². The van der Waals surface area contributed by atoms with E-state index in [0.29, 0.717) is 31.9 Å². The van der Waals surface area contributed by atoms with Gasteiger partial charge in [-0.1, -0.05) is 31.4 Å². The molecule has 1 aliphatic heterocycles. The minimum atomic E-state index is -0.596. The SMILES string of the molecule is COC1(c2sc3c(ccc4cc(C(=O)N5CCOCC5)c(=O)oc43)c2Br)CCCCC1. The summed E-state index contributed by atoms with van der Waals surface area (Å²) in [5, 5.41) is 1.75. The van der Waals surface area contributed by atoms with Crippen molar-refractivity contribution in [1.82, 2.24) is 4.90 Å². The third-order valence-electron chi connectivity index (χ3n) is 6.49. The zero-order valence-electron chi connectivity index (χ0n) is 17.4. The number of hydrogen-bond acceptors (Lipinski definition) is 6. The third kappa shape index (κ3) is 3.53. The Morgan fingerprint density at radius 3 is 2.65 bits per heavy atom. The molecule has 31 heavy (non-hydrogen) atoms. The first-order valence-electron chi connectivity index (χ1n) is 10.7. The van der Waals surface area contributed by atoms with E-state index in [-0.39, 0.29) is 17.1 Å². The molecule has 6 nitrogen and oxygen atoms in total. The van der Waals surface area contributed by atoms with E-state index in [0.717, 1.165) is 50.5 Å². The standard InChI is InChI=1S/C23H24BrNO5S/c1-28-23(7-3-2-4-8-23)20-17(24)15-6-5-14-13-16(21(26)25-9-11-29-12-10-25)22(27)30-18(14)19(15)31-20/h5-6,13H,2-4,7-12H2,1H3. The molecular weight excluding hydrogens is 482 g/mol. The molecule has 2 aromatic heterocycles. The second kappa shape index (κ2) is 8.31. The number of hydrogen-bond donors (Lipinski definition) is 0. The Morgan fingerprint density at radius 1 is 1.19 bits per heavy atom. The van der Waals surface area contributed by atoms with E-state index >= 15 is 0 Å². The van der Waals surface area contributed by atoms with Crippen LogP contribution in [0.1, 0.15) is 47.3 Å². The minimum Gasteiger partial charge on any atom is -0.421 e. The Balaban J connectivity index is 1.63. The molecular formula is C23H24BrNO5S. The van der Waals surface area contributed by atoms with Gasteiger partial charge in [0.1, 0.15) is 11.2 Å². The van der Waals surface area contributed by atoms with Crippen LogP contribution in [0.5, 0.6) is 0 Å². The third-order valence-corrected chi connectivity index (χ3v) is 8.97. The number of morpholine rings is 1. The van der Waals surface area contributed by atoms with Gasteiger partial charge in [-0.3, -0.25) is 4.79 Å². The number of fused-ring (bicyclic) bond motifs is 3. The highest BCUT2D eigenvalue weighted by atomic mass is 79.9. The van der Waals surface area contributed by atoms with Crippen LogP contribution in [0.25, 0.3) is 21.1 Å². The van der Waals surface area contributed by atoms with E-state index in [2.05, 4.69) is 15.9 Å². The molecule has 0 bridgehead atoms. The molecule has 1 aliphatic carbocycles. The van der Waals surface area contributed by atoms with E-state index in [1.165, 1.54) is 6.42 Å². The number of nitrogens with zero attached hydrogens (tertiary/aromatic N) is 1. The summed E-state index contributed by atoms with van der Waals surface area (Å²) in [7, 11) is 1.78. The van der Waals surface area contributed by atoms with Gasteiger partial charge in [0.15, 0.2) is 5.58 Å². The van der Waals surface area contributed by atoms with Gasteiger partial charge >= 0.3 is 5.63 Å². The van der Waals surface area contributed by atoms with Gasteiger partial charge in [0.25, 0.3) is 5.91 Å². The van der Waals surface area contributed by atoms with Crippen molar-refractivity contribution in [3.05, 3.63) is 43.5 Å². The second-order valence-corrected chi connectivity index (χ2v) is 10.0. The molecule has 1 saturated carbocycles. The average Bonchev–Trinajstić information content (AvgIpc) is 3.16. The molecule has 0 N–H and O–H groups in total. The molecule has 0 atom stereocenters. The molecule has 2 aliphatic rings. The Morgan fingerprint density at radius 2 is 1.94 bits per heavy atom. The van der Waals surface area contributed by atoms with Crippen LogP contribution in [0.4, 0.5) is 0 Å². The van der Waals surface area contributed by atoms with E-state index < -0.39 is 5.63 Å². The minimum absolute atomic E-state index is 0.0743. The summed E-state index contributed by atoms with van der Waals surface area (Å²) in [5.41, 5.74) is -0.299. The highest BCUT2D eigenvalue weighted by Gasteiger charge is 2.38. The summed E-state index contributed by atoms with van der Waals surface area (Å²) < 4.78 is 19.0. The Bertz CT molecular complexity index is 1200. The number of rotatable bonds is 3. The predicted molar refractivity (Wildman–Crippen MR) is 124 cm³/mol. The lowest BCUT2D eigenvalue weighted by Gasteiger charge is -2.35. The quantitative estimate of drug-likeness (QED) is 0.466. The maximum atomic E-state index is 12.9. The molecule has 2 fully saturated rings. The topological polar surface area (TPSA) is 69.0 Å². The lowest BCUT2D eigenvalue weighted by atomic mass is 9.83. The summed E-state index contributed by atoms with van der Waals surface area (Å²) in [4.78, 5) is 28.4. The maximum Gasteiger partial charge on any atom is 0.349 e. The number of ether oxygens (including phenoxy) is 2. The van der Waals surface area contributed by atoms with Gasteiger partial charge in [0.2, 0.25) is 0 Å². The fraction of sp³-hybridized carbons (Fsp3) is 0.478. The zero-order valence-corrected chi connectivity index (χ0v) is 19.8. The van der Waals surface area contributed by atoms with Crippen LogP contribution in [0.2, 0.25) is 0 Å². The van der Waals surface area contributed by atoms with Crippen LogP contribution in [-0.2, 0) is 15.1 Å². The summed E-state index contributed by atoms with van der Waals surface area (Å²) in [6.07, 6.45) is 5.46. The van der Waals surface area contributed by atoms with E-state index in [1.54, 1.807) is 29.4 Å². The van der Waals surface area contributed by atoms with Crippen LogP contribution >= 0.6 is 27.3 Å². The first kappa shape index (κ1) is 21.1. The number of benzene rings is 1. The number of methoxy groups -OCH3 is 1. The van der Waals surface area contributed by atoms with Crippen molar-refractivity contribution in [2.45, 2.75) is 37.7 Å². The highest BCUT2D eigenvalue weighted by Crippen LogP contribution is 2.50. The maximum absolute atomic E-state index is 12.9. The molecule has 5 rings (SSSR count). The Hall–Kier alpha value is -1.74. The summed E-state index contributed by atoms with van der Waals surface area (Å²) in [5.74, 6) is -0.298. The van der Waals surface area contributed by atoms with Gasteiger partial charge in [-0.15, -0.1) is 11.3 Å². The van der Waals surface area contributed by atoms with Crippen molar-refractivity contribution in [2.75, 3.05) is 33.4 Å². The van der Waals surface area contributed by atoms with Gasteiger partial charge in [0, 0.05) is 35.4 Å². The monoisotopic (exact) mass is 505 g/mol. The zero-order chi connectivity index (χ0) is 21.6. The van der Waals surface area contributed by atoms with Gasteiger partial charge in [-0.05, 0) is 34.8 Å². The van der Waals surface area contributed by atoms with Crippen molar-refractivity contribution in [3.8, 4) is 0 Å². The molecule has 0 spiro atoms. The van der Waals surface area contributed by atoms with Crippen molar-refractivity contribution in [3.63, 3.8) is 0 Å². The lowest BCUT2D eigenvalue weighted by molar-refractivity contribution is -0.0419. The van der Waals surface area contributed by atoms with Gasteiger partial charge in [-0.2, -0.15) is 0 Å². The smallest absolute Gasteiger partial charge is 0.349 e. The van der Waals surface area contributed by atoms with E-state index in [4.69, 9.17) is 13.9 Å². The summed E-state index contributed by atoms with van der Waals surface area (Å²) in [6, 6.07) is 5.60. The summed E-state index contributed by atoms with van der Waals surface area (Å²) in [6.45, 7) is 1.93. The fourth-order valence-electron chi connectivity index (χ4n) is 4.73. The van der Waals surface area contributed by atoms with Crippen molar-refractivity contribution in [2.24, 2.45) is 0 Å². The molecule has 0 unspecified atom stereocenters. The number of halogens is 1. The molecule has 1 saturated heterocycles. The van der Waals surface area contributed by atoms with Crippen LogP contribution < -0.4 is 5.63 Å². The summed E-state index contributed by atoms with van der Waals surface area (Å²) >= 11 is 5.41. The normalized spacial score (nSPS) is 19.2. The molecule has 3 aromatic rings. The molecule has 164 valence electrons. The van der Waals surface area contributed by atoms with Crippen LogP contribution in [0.3, 0.4) is 0 Å². The highest BCUT2D eigenvalue weighted by molar-refractivity contribution is 9.10. The number of amides is 1. The van der Waals surface area contributed by atoms with Crippen molar-refractivity contribution < 1.29 is 18.7 Å². The van der Waals surface area contributed by atoms with Crippen LogP contribution in [-0.4, -0.2) is 44.2 Å². The van der Waals surface area contributed by atoms with Crippen molar-refractivity contribution >= 4 is 54.2 Å². The first-order valence-corrected chi connectivity index (χ1v) is 12.3. The average molecular weight is 506 g/mol. The Labute approximate surface area is 192 Å². The van der Waals surface area contributed by atoms with Crippen LogP contribution in [0, 0.1) is 0 Å². The first-order chi connectivity index (χ1) is 15.0. The molecule has 3 heterocycles. The van der Waals surface area contributed by atoms with Crippen molar-refractivity contribution in [1.29, 1.82) is 0 Å². The van der Waals surface area contributed by atoms with Gasteiger partial charge < -0.3 is 18.8 Å². The lowest BCUT2D eigenvalue weighted by Crippen LogP contribution is -2.42. The number of thiophene rings is 1. The number of carbonyl (C=O) groups excluding carboxylic acids is 1. The molecule has 1 amide bonds.